The van der Waals surface area contributed by atoms with Gasteiger partial charge in [0.2, 0.25) is 11.8 Å². The Bertz CT molecular complexity index is 788. The van der Waals surface area contributed by atoms with Crippen molar-refractivity contribution in [3.8, 4) is 0 Å². The van der Waals surface area contributed by atoms with Gasteiger partial charge in [-0.1, -0.05) is 24.0 Å². The van der Waals surface area contributed by atoms with E-state index in [-0.39, 0.29) is 30.4 Å². The van der Waals surface area contributed by atoms with Gasteiger partial charge in [-0.05, 0) is 38.1 Å². The summed E-state index contributed by atoms with van der Waals surface area (Å²) in [7, 11) is 1.30. The van der Waals surface area contributed by atoms with Crippen LogP contribution in [0.15, 0.2) is 24.3 Å². The van der Waals surface area contributed by atoms with Gasteiger partial charge in [0.1, 0.15) is 9.57 Å². The SMILES string of the molecule is COC(=O)c1ccc(N2C(=O)C[C@@H](SC(=S)N3C[C@H](C)O[C@@H](C)C3)C2=O)cc1. The maximum Gasteiger partial charge on any atom is 0.337 e. The molecule has 9 heteroatoms. The number of hydrogen-bond donors (Lipinski definition) is 0. The molecule has 0 aromatic heterocycles. The van der Waals surface area contributed by atoms with Gasteiger partial charge in [0.05, 0.1) is 30.6 Å². The zero-order chi connectivity index (χ0) is 20.4. The van der Waals surface area contributed by atoms with Crippen molar-refractivity contribution < 1.29 is 23.9 Å². The number of morpholine rings is 1. The number of methoxy groups -OCH3 is 1. The summed E-state index contributed by atoms with van der Waals surface area (Å²) in [6, 6.07) is 6.20. The number of imide groups is 1. The highest BCUT2D eigenvalue weighted by Gasteiger charge is 2.41. The van der Waals surface area contributed by atoms with E-state index in [0.29, 0.717) is 28.7 Å². The first kappa shape index (κ1) is 20.8. The number of ether oxygens (including phenoxy) is 2. The van der Waals surface area contributed by atoms with E-state index in [4.69, 9.17) is 17.0 Å². The molecule has 7 nitrogen and oxygen atoms in total. The van der Waals surface area contributed by atoms with Crippen LogP contribution in [0, 0.1) is 0 Å². The van der Waals surface area contributed by atoms with Crippen molar-refractivity contribution in [2.75, 3.05) is 25.1 Å². The zero-order valence-corrected chi connectivity index (χ0v) is 17.5. The lowest BCUT2D eigenvalue weighted by atomic mass is 10.2. The topological polar surface area (TPSA) is 76.2 Å². The molecule has 28 heavy (non-hydrogen) atoms. The fourth-order valence-electron chi connectivity index (χ4n) is 3.36. The van der Waals surface area contributed by atoms with Gasteiger partial charge >= 0.3 is 5.97 Å². The molecule has 0 saturated carbocycles. The number of amides is 2. The van der Waals surface area contributed by atoms with Crippen LogP contribution in [0.25, 0.3) is 0 Å². The predicted molar refractivity (Wildman–Crippen MR) is 110 cm³/mol. The monoisotopic (exact) mass is 422 g/mol. The van der Waals surface area contributed by atoms with Crippen molar-refractivity contribution >= 4 is 51.8 Å². The van der Waals surface area contributed by atoms with E-state index in [1.165, 1.54) is 31.0 Å². The van der Waals surface area contributed by atoms with Gasteiger partial charge in [-0.2, -0.15) is 0 Å². The van der Waals surface area contributed by atoms with Gasteiger partial charge in [-0.15, -0.1) is 0 Å². The van der Waals surface area contributed by atoms with Crippen molar-refractivity contribution in [1.82, 2.24) is 4.90 Å². The minimum absolute atomic E-state index is 0.0630. The molecule has 0 radical (unpaired) electrons. The average molecular weight is 423 g/mol. The fourth-order valence-corrected chi connectivity index (χ4v) is 4.83. The highest BCUT2D eigenvalue weighted by atomic mass is 32.2. The van der Waals surface area contributed by atoms with Crippen LogP contribution in [-0.2, 0) is 19.1 Å². The number of thioether (sulfide) groups is 1. The minimum atomic E-state index is -0.547. The van der Waals surface area contributed by atoms with Crippen LogP contribution in [0.2, 0.25) is 0 Å². The predicted octanol–water partition coefficient (Wildman–Crippen LogP) is 2.23. The van der Waals surface area contributed by atoms with Gasteiger partial charge in [-0.25, -0.2) is 9.69 Å². The van der Waals surface area contributed by atoms with E-state index < -0.39 is 11.2 Å². The minimum Gasteiger partial charge on any atom is -0.465 e. The second kappa shape index (κ2) is 8.59. The van der Waals surface area contributed by atoms with E-state index in [9.17, 15) is 14.4 Å². The molecule has 0 N–H and O–H groups in total. The van der Waals surface area contributed by atoms with Crippen molar-refractivity contribution in [3.63, 3.8) is 0 Å². The number of carbonyl (C=O) groups excluding carboxylic acids is 3. The molecule has 0 aliphatic carbocycles. The lowest BCUT2D eigenvalue weighted by Crippen LogP contribution is -2.47. The van der Waals surface area contributed by atoms with E-state index >= 15 is 0 Å². The molecule has 1 aromatic rings. The first-order chi connectivity index (χ1) is 13.3. The Morgan fingerprint density at radius 3 is 2.36 bits per heavy atom. The molecule has 0 spiro atoms. The van der Waals surface area contributed by atoms with Gasteiger partial charge in [-0.3, -0.25) is 9.59 Å². The third kappa shape index (κ3) is 4.37. The van der Waals surface area contributed by atoms with Gasteiger partial charge in [0.25, 0.3) is 0 Å². The molecule has 2 heterocycles. The first-order valence-electron chi connectivity index (χ1n) is 8.96. The Balaban J connectivity index is 1.68. The van der Waals surface area contributed by atoms with E-state index in [0.717, 1.165) is 4.90 Å². The number of anilines is 1. The number of rotatable bonds is 3. The third-order valence-electron chi connectivity index (χ3n) is 4.57. The number of thiocarbonyl (C=S) groups is 1. The summed E-state index contributed by atoms with van der Waals surface area (Å²) in [6.45, 7) is 5.31. The summed E-state index contributed by atoms with van der Waals surface area (Å²) in [5.74, 6) is -1.05. The third-order valence-corrected chi connectivity index (χ3v) is 6.23. The molecular formula is C19H22N2O5S2. The van der Waals surface area contributed by atoms with Crippen molar-refractivity contribution in [1.29, 1.82) is 0 Å². The normalized spacial score (nSPS) is 25.2. The smallest absolute Gasteiger partial charge is 0.337 e. The van der Waals surface area contributed by atoms with Crippen LogP contribution in [0.3, 0.4) is 0 Å². The molecule has 0 unspecified atom stereocenters. The largest absolute Gasteiger partial charge is 0.465 e. The summed E-state index contributed by atoms with van der Waals surface area (Å²) >= 11 is 6.78. The van der Waals surface area contributed by atoms with Gasteiger partial charge in [0, 0.05) is 19.5 Å². The van der Waals surface area contributed by atoms with Crippen molar-refractivity contribution in [2.24, 2.45) is 0 Å². The number of esters is 1. The Hall–Kier alpha value is -1.97. The van der Waals surface area contributed by atoms with Crippen LogP contribution in [0.4, 0.5) is 5.69 Å². The Morgan fingerprint density at radius 2 is 1.79 bits per heavy atom. The molecule has 2 amide bonds. The van der Waals surface area contributed by atoms with E-state index in [1.54, 1.807) is 12.1 Å². The highest BCUT2D eigenvalue weighted by molar-refractivity contribution is 8.23. The summed E-state index contributed by atoms with van der Waals surface area (Å²) < 4.78 is 11.0. The zero-order valence-electron chi connectivity index (χ0n) is 15.9. The van der Waals surface area contributed by atoms with Crippen molar-refractivity contribution in [3.05, 3.63) is 29.8 Å². The molecule has 2 saturated heterocycles. The van der Waals surface area contributed by atoms with Crippen LogP contribution in [-0.4, -0.2) is 64.7 Å². The number of hydrogen-bond acceptors (Lipinski definition) is 7. The summed E-state index contributed by atoms with van der Waals surface area (Å²) in [5.41, 5.74) is 0.790. The highest BCUT2D eigenvalue weighted by Crippen LogP contribution is 2.32. The summed E-state index contributed by atoms with van der Waals surface area (Å²) in [4.78, 5) is 40.0. The summed E-state index contributed by atoms with van der Waals surface area (Å²) in [6.07, 6.45) is 0.221. The number of carbonyl (C=O) groups is 3. The summed E-state index contributed by atoms with van der Waals surface area (Å²) in [5, 5.41) is -0.547. The van der Waals surface area contributed by atoms with E-state index in [1.807, 2.05) is 18.7 Å². The van der Waals surface area contributed by atoms with Crippen molar-refractivity contribution in [2.45, 2.75) is 37.7 Å². The maximum atomic E-state index is 12.8. The van der Waals surface area contributed by atoms with Gasteiger partial charge < -0.3 is 14.4 Å². The average Bonchev–Trinajstić information content (AvgIpc) is 2.93. The maximum absolute atomic E-state index is 12.8. The molecule has 3 atom stereocenters. The second-order valence-corrected chi connectivity index (χ2v) is 8.68. The second-order valence-electron chi connectivity index (χ2n) is 6.84. The molecule has 2 fully saturated rings. The first-order valence-corrected chi connectivity index (χ1v) is 10.2. The molecular weight excluding hydrogens is 400 g/mol. The Morgan fingerprint density at radius 1 is 1.18 bits per heavy atom. The Kier molecular flexibility index (Phi) is 6.36. The van der Waals surface area contributed by atoms with Crippen LogP contribution < -0.4 is 4.90 Å². The molecule has 3 rings (SSSR count). The lowest BCUT2D eigenvalue weighted by Gasteiger charge is -2.36. The molecule has 2 aliphatic heterocycles. The molecule has 0 bridgehead atoms. The van der Waals surface area contributed by atoms with Crippen LogP contribution in [0.1, 0.15) is 30.6 Å². The quantitative estimate of drug-likeness (QED) is 0.417. The fraction of sp³-hybridized carbons (Fsp3) is 0.474. The number of benzene rings is 1. The lowest BCUT2D eigenvalue weighted by molar-refractivity contribution is -0.121. The van der Waals surface area contributed by atoms with Gasteiger partial charge in [0.15, 0.2) is 0 Å². The van der Waals surface area contributed by atoms with Crippen LogP contribution in [0.5, 0.6) is 0 Å². The number of nitrogens with zero attached hydrogens (tertiary/aromatic N) is 2. The molecule has 1 aromatic carbocycles. The van der Waals surface area contributed by atoms with Crippen LogP contribution >= 0.6 is 24.0 Å². The standard InChI is InChI=1S/C19H22N2O5S2/c1-11-9-20(10-12(2)26-11)19(27)28-15-8-16(22)21(17(15)23)14-6-4-13(5-7-14)18(24)25-3/h4-7,11-12,15H,8-10H2,1-3H3/t11-,12-,15+/m0/s1. The molecule has 150 valence electrons. The molecule has 2 aliphatic rings. The Labute approximate surface area is 173 Å². The van der Waals surface area contributed by atoms with E-state index in [2.05, 4.69) is 4.74 Å².